The van der Waals surface area contributed by atoms with E-state index in [-0.39, 0.29) is 24.0 Å². The molecule has 1 spiro atoms. The SMILES string of the molecule is O=C(Nc1ccc2c(c1)OCCO2)[C@@H]1[C@H]2C=C[C@]3(CN(c4ccccc4F)C(=O)[C@@H]13)O2. The lowest BCUT2D eigenvalue weighted by atomic mass is 9.77. The Balaban J connectivity index is 1.28. The van der Waals surface area contributed by atoms with Gasteiger partial charge in [-0.3, -0.25) is 9.59 Å². The minimum Gasteiger partial charge on any atom is -0.486 e. The number of anilines is 2. The van der Waals surface area contributed by atoms with Gasteiger partial charge in [-0.05, 0) is 24.3 Å². The Labute approximate surface area is 177 Å². The van der Waals surface area contributed by atoms with E-state index in [1.54, 1.807) is 36.4 Å². The van der Waals surface area contributed by atoms with Crippen molar-refractivity contribution in [1.29, 1.82) is 0 Å². The van der Waals surface area contributed by atoms with Crippen molar-refractivity contribution < 1.29 is 28.2 Å². The van der Waals surface area contributed by atoms with Gasteiger partial charge in [-0.15, -0.1) is 0 Å². The lowest BCUT2D eigenvalue weighted by molar-refractivity contribution is -0.128. The zero-order valence-corrected chi connectivity index (χ0v) is 16.4. The van der Waals surface area contributed by atoms with Crippen molar-refractivity contribution in [3.63, 3.8) is 0 Å². The molecule has 2 aromatic carbocycles. The van der Waals surface area contributed by atoms with Crippen molar-refractivity contribution in [3.8, 4) is 11.5 Å². The highest BCUT2D eigenvalue weighted by molar-refractivity contribution is 6.05. The molecule has 2 fully saturated rings. The van der Waals surface area contributed by atoms with E-state index in [9.17, 15) is 14.0 Å². The third-order valence-electron chi connectivity index (χ3n) is 6.36. The highest BCUT2D eigenvalue weighted by Gasteiger charge is 2.67. The second-order valence-electron chi connectivity index (χ2n) is 8.12. The summed E-state index contributed by atoms with van der Waals surface area (Å²) >= 11 is 0. The number of fused-ring (bicyclic) bond motifs is 2. The van der Waals surface area contributed by atoms with Crippen LogP contribution in [-0.4, -0.2) is 43.3 Å². The average Bonchev–Trinajstić information content (AvgIpc) is 3.42. The summed E-state index contributed by atoms with van der Waals surface area (Å²) in [6.07, 6.45) is 3.17. The Morgan fingerprint density at radius 3 is 2.77 bits per heavy atom. The molecule has 8 heteroatoms. The van der Waals surface area contributed by atoms with Gasteiger partial charge in [-0.25, -0.2) is 4.39 Å². The number of rotatable bonds is 3. The van der Waals surface area contributed by atoms with E-state index in [1.165, 1.54) is 11.0 Å². The molecule has 4 atom stereocenters. The fourth-order valence-corrected chi connectivity index (χ4v) is 5.02. The van der Waals surface area contributed by atoms with Crippen molar-refractivity contribution in [1.82, 2.24) is 0 Å². The van der Waals surface area contributed by atoms with Gasteiger partial charge >= 0.3 is 0 Å². The molecule has 4 aliphatic heterocycles. The van der Waals surface area contributed by atoms with Crippen molar-refractivity contribution in [3.05, 3.63) is 60.4 Å². The Hall–Kier alpha value is -3.39. The molecule has 4 heterocycles. The molecule has 4 aliphatic rings. The number of benzene rings is 2. The fraction of sp³-hybridized carbons (Fsp3) is 0.304. The molecule has 2 saturated heterocycles. The maximum atomic E-state index is 14.4. The summed E-state index contributed by atoms with van der Waals surface area (Å²) in [7, 11) is 0. The van der Waals surface area contributed by atoms with Gasteiger partial charge in [0.1, 0.15) is 24.6 Å². The van der Waals surface area contributed by atoms with Gasteiger partial charge in [0.2, 0.25) is 11.8 Å². The van der Waals surface area contributed by atoms with Crippen molar-refractivity contribution in [2.75, 3.05) is 30.0 Å². The number of nitrogens with zero attached hydrogens (tertiary/aromatic N) is 1. The maximum absolute atomic E-state index is 14.4. The molecule has 0 aromatic heterocycles. The van der Waals surface area contributed by atoms with E-state index in [4.69, 9.17) is 14.2 Å². The largest absolute Gasteiger partial charge is 0.486 e. The molecule has 1 N–H and O–H groups in total. The molecular formula is C23H19FN2O5. The Bertz CT molecular complexity index is 1130. The lowest BCUT2D eigenvalue weighted by Crippen LogP contribution is -2.41. The van der Waals surface area contributed by atoms with E-state index >= 15 is 0 Å². The number of hydrogen-bond donors (Lipinski definition) is 1. The molecule has 2 aromatic rings. The van der Waals surface area contributed by atoms with Crippen LogP contribution in [0.4, 0.5) is 15.8 Å². The molecule has 6 rings (SSSR count). The van der Waals surface area contributed by atoms with Crippen LogP contribution in [0.1, 0.15) is 0 Å². The highest BCUT2D eigenvalue weighted by Crippen LogP contribution is 2.53. The van der Waals surface area contributed by atoms with Crippen LogP contribution >= 0.6 is 0 Å². The fourth-order valence-electron chi connectivity index (χ4n) is 5.02. The van der Waals surface area contributed by atoms with Crippen LogP contribution in [0.25, 0.3) is 0 Å². The topological polar surface area (TPSA) is 77.1 Å². The molecule has 7 nitrogen and oxygen atoms in total. The van der Waals surface area contributed by atoms with Gasteiger partial charge in [0.05, 0.1) is 30.2 Å². The van der Waals surface area contributed by atoms with E-state index in [0.717, 1.165) is 0 Å². The second kappa shape index (κ2) is 6.55. The molecule has 158 valence electrons. The van der Waals surface area contributed by atoms with Crippen LogP contribution in [0.2, 0.25) is 0 Å². The van der Waals surface area contributed by atoms with Crippen LogP contribution in [-0.2, 0) is 14.3 Å². The number of hydrogen-bond acceptors (Lipinski definition) is 5. The number of carbonyl (C=O) groups excluding carboxylic acids is 2. The number of carbonyl (C=O) groups is 2. The smallest absolute Gasteiger partial charge is 0.234 e. The van der Waals surface area contributed by atoms with E-state index in [1.807, 2.05) is 12.2 Å². The molecule has 0 unspecified atom stereocenters. The quantitative estimate of drug-likeness (QED) is 0.770. The van der Waals surface area contributed by atoms with E-state index in [0.29, 0.717) is 30.4 Å². The number of ether oxygens (including phenoxy) is 3. The third-order valence-corrected chi connectivity index (χ3v) is 6.36. The van der Waals surface area contributed by atoms with Gasteiger partial charge < -0.3 is 24.4 Å². The summed E-state index contributed by atoms with van der Waals surface area (Å²) in [4.78, 5) is 27.9. The Morgan fingerprint density at radius 1 is 1.13 bits per heavy atom. The van der Waals surface area contributed by atoms with Crippen LogP contribution in [0.3, 0.4) is 0 Å². The zero-order chi connectivity index (χ0) is 21.2. The zero-order valence-electron chi connectivity index (χ0n) is 16.4. The first kappa shape index (κ1) is 18.4. The number of nitrogens with one attached hydrogen (secondary N) is 1. The Kier molecular flexibility index (Phi) is 3.89. The molecule has 0 aliphatic carbocycles. The number of amides is 2. The number of halogens is 1. The molecule has 2 bridgehead atoms. The highest BCUT2D eigenvalue weighted by atomic mass is 19.1. The molecule has 0 radical (unpaired) electrons. The first-order valence-corrected chi connectivity index (χ1v) is 10.2. The van der Waals surface area contributed by atoms with Crippen LogP contribution in [0.15, 0.2) is 54.6 Å². The summed E-state index contributed by atoms with van der Waals surface area (Å²) in [5.74, 6) is -1.33. The second-order valence-corrected chi connectivity index (χ2v) is 8.12. The summed E-state index contributed by atoms with van der Waals surface area (Å²) in [6.45, 7) is 1.10. The normalized spacial score (nSPS) is 29.9. The monoisotopic (exact) mass is 422 g/mol. The Morgan fingerprint density at radius 2 is 1.94 bits per heavy atom. The summed E-state index contributed by atoms with van der Waals surface area (Å²) in [5, 5.41) is 2.88. The van der Waals surface area contributed by atoms with Gasteiger partial charge in [0, 0.05) is 11.8 Å². The molecule has 31 heavy (non-hydrogen) atoms. The van der Waals surface area contributed by atoms with E-state index in [2.05, 4.69) is 5.32 Å². The third kappa shape index (κ3) is 2.68. The summed E-state index contributed by atoms with van der Waals surface area (Å²) in [5.41, 5.74) is -0.173. The minimum absolute atomic E-state index is 0.179. The molecule has 0 saturated carbocycles. The predicted octanol–water partition coefficient (Wildman–Crippen LogP) is 2.52. The van der Waals surface area contributed by atoms with Gasteiger partial charge in [-0.2, -0.15) is 0 Å². The van der Waals surface area contributed by atoms with Crippen LogP contribution < -0.4 is 19.7 Å². The summed E-state index contributed by atoms with van der Waals surface area (Å²) in [6, 6.07) is 11.3. The van der Waals surface area contributed by atoms with Crippen LogP contribution in [0.5, 0.6) is 11.5 Å². The van der Waals surface area contributed by atoms with Gasteiger partial charge in [0.15, 0.2) is 11.5 Å². The summed E-state index contributed by atoms with van der Waals surface area (Å²) < 4.78 is 31.5. The molecule has 2 amide bonds. The first-order chi connectivity index (χ1) is 15.1. The van der Waals surface area contributed by atoms with Crippen molar-refractivity contribution >= 4 is 23.2 Å². The van der Waals surface area contributed by atoms with Gasteiger partial charge in [-0.1, -0.05) is 24.3 Å². The predicted molar refractivity (Wildman–Crippen MR) is 109 cm³/mol. The van der Waals surface area contributed by atoms with Crippen molar-refractivity contribution in [2.24, 2.45) is 11.8 Å². The molecular weight excluding hydrogens is 403 g/mol. The van der Waals surface area contributed by atoms with Gasteiger partial charge in [0.25, 0.3) is 0 Å². The van der Waals surface area contributed by atoms with E-state index < -0.39 is 29.4 Å². The maximum Gasteiger partial charge on any atom is 0.234 e. The van der Waals surface area contributed by atoms with Crippen LogP contribution in [0, 0.1) is 17.7 Å². The standard InChI is InChI=1S/C23H19FN2O5/c24-14-3-1-2-4-15(14)26-12-23-8-7-17(31-23)19(20(23)22(26)28)21(27)25-13-5-6-16-18(11-13)30-10-9-29-16/h1-8,11,17,19-20H,9-10,12H2,(H,25,27)/t17-,19-,20-,23-/m1/s1. The van der Waals surface area contributed by atoms with Crippen molar-refractivity contribution in [2.45, 2.75) is 11.7 Å². The first-order valence-electron chi connectivity index (χ1n) is 10.2. The lowest BCUT2D eigenvalue weighted by Gasteiger charge is -2.24. The average molecular weight is 422 g/mol. The minimum atomic E-state index is -0.918. The number of para-hydroxylation sites is 1.